The Balaban J connectivity index is 1.29. The molecule has 0 aliphatic heterocycles. The summed E-state index contributed by atoms with van der Waals surface area (Å²) in [4.78, 5) is 16.4. The van der Waals surface area contributed by atoms with Gasteiger partial charge in [0.2, 0.25) is 5.91 Å². The van der Waals surface area contributed by atoms with Crippen LogP contribution in [0.2, 0.25) is 0 Å². The van der Waals surface area contributed by atoms with Crippen LogP contribution in [0.3, 0.4) is 0 Å². The van der Waals surface area contributed by atoms with Crippen molar-refractivity contribution in [3.63, 3.8) is 0 Å². The normalized spacial score (nSPS) is 13.8. The molecule has 0 bridgehead atoms. The summed E-state index contributed by atoms with van der Waals surface area (Å²) >= 11 is 0. The lowest BCUT2D eigenvalue weighted by Gasteiger charge is -2.03. The molecule has 31 heavy (non-hydrogen) atoms. The molecule has 1 aliphatic carbocycles. The van der Waals surface area contributed by atoms with E-state index in [-0.39, 0.29) is 11.8 Å². The summed E-state index contributed by atoms with van der Waals surface area (Å²) in [6.07, 6.45) is 9.98. The van der Waals surface area contributed by atoms with Crippen molar-refractivity contribution >= 4 is 23.0 Å². The average Bonchev–Trinajstić information content (AvgIpc) is 3.23. The summed E-state index contributed by atoms with van der Waals surface area (Å²) in [7, 11) is 1.90. The van der Waals surface area contributed by atoms with E-state index in [1.54, 1.807) is 15.4 Å². The summed E-state index contributed by atoms with van der Waals surface area (Å²) < 4.78 is 5.43. The van der Waals surface area contributed by atoms with Crippen molar-refractivity contribution in [3.8, 4) is 11.1 Å². The fourth-order valence-electron chi connectivity index (χ4n) is 3.61. The van der Waals surface area contributed by atoms with Gasteiger partial charge in [-0.1, -0.05) is 0 Å². The summed E-state index contributed by atoms with van der Waals surface area (Å²) in [5.41, 5.74) is 4.35. The van der Waals surface area contributed by atoms with E-state index in [2.05, 4.69) is 30.7 Å². The number of imidazole rings is 1. The van der Waals surface area contributed by atoms with Gasteiger partial charge >= 0.3 is 0 Å². The minimum Gasteiger partial charge on any atom is -0.309 e. The third kappa shape index (κ3) is 3.31. The number of aryl methyl sites for hydroxylation is 1. The molecule has 0 unspecified atom stereocenters. The largest absolute Gasteiger partial charge is 0.309 e. The number of nitrogens with zero attached hydrogens (tertiary/aromatic N) is 8. The van der Waals surface area contributed by atoms with Crippen LogP contribution in [0.15, 0.2) is 49.1 Å². The molecule has 5 aromatic heterocycles. The number of anilines is 1. The molecule has 1 N–H and O–H groups in total. The Kier molecular flexibility index (Phi) is 3.85. The summed E-state index contributed by atoms with van der Waals surface area (Å²) in [5, 5.41) is 20.4. The van der Waals surface area contributed by atoms with E-state index in [0.717, 1.165) is 41.1 Å². The molecule has 5 heterocycles. The van der Waals surface area contributed by atoms with Crippen molar-refractivity contribution in [3.05, 3.63) is 60.6 Å². The van der Waals surface area contributed by atoms with Gasteiger partial charge in [0.05, 0.1) is 24.5 Å². The Bertz CT molecular complexity index is 1440. The van der Waals surface area contributed by atoms with Crippen molar-refractivity contribution in [1.82, 2.24) is 39.0 Å². The lowest BCUT2D eigenvalue weighted by atomic mass is 10.1. The Labute approximate surface area is 176 Å². The van der Waals surface area contributed by atoms with Gasteiger partial charge < -0.3 is 5.32 Å². The zero-order valence-corrected chi connectivity index (χ0v) is 16.8. The number of nitrogens with one attached hydrogen (secondary N) is 1. The Morgan fingerprint density at radius 2 is 1.94 bits per heavy atom. The lowest BCUT2D eigenvalue weighted by Crippen LogP contribution is -2.13. The van der Waals surface area contributed by atoms with E-state index in [9.17, 15) is 4.79 Å². The predicted octanol–water partition coefficient (Wildman–Crippen LogP) is 2.11. The van der Waals surface area contributed by atoms with Gasteiger partial charge in [0.15, 0.2) is 17.1 Å². The number of hydrogen-bond acceptors (Lipinski definition) is 6. The van der Waals surface area contributed by atoms with Crippen molar-refractivity contribution in [2.45, 2.75) is 19.3 Å². The monoisotopic (exact) mass is 413 g/mol. The highest BCUT2D eigenvalue weighted by Gasteiger charge is 2.30. The lowest BCUT2D eigenvalue weighted by molar-refractivity contribution is -0.117. The first-order valence-electron chi connectivity index (χ1n) is 10.1. The number of amides is 1. The molecule has 5 aromatic rings. The zero-order valence-electron chi connectivity index (χ0n) is 16.8. The fourth-order valence-corrected chi connectivity index (χ4v) is 3.61. The second-order valence-corrected chi connectivity index (χ2v) is 7.86. The molecule has 0 radical (unpaired) electrons. The van der Waals surface area contributed by atoms with Crippen LogP contribution in [0.1, 0.15) is 24.4 Å². The van der Waals surface area contributed by atoms with Gasteiger partial charge in [0.1, 0.15) is 5.82 Å². The smallest absolute Gasteiger partial charge is 0.228 e. The van der Waals surface area contributed by atoms with Crippen LogP contribution < -0.4 is 5.32 Å². The van der Waals surface area contributed by atoms with Crippen molar-refractivity contribution in [2.75, 3.05) is 5.32 Å². The van der Waals surface area contributed by atoms with Gasteiger partial charge in [-0.3, -0.25) is 13.9 Å². The number of hydrogen-bond donors (Lipinski definition) is 1. The topological polar surface area (TPSA) is 107 Å². The van der Waals surface area contributed by atoms with E-state index >= 15 is 0 Å². The number of carbonyl (C=O) groups is 1. The van der Waals surface area contributed by atoms with Gasteiger partial charge in [0.25, 0.3) is 0 Å². The van der Waals surface area contributed by atoms with E-state index in [4.69, 9.17) is 0 Å². The van der Waals surface area contributed by atoms with Crippen LogP contribution in [0, 0.1) is 5.92 Å². The molecule has 1 aliphatic rings. The van der Waals surface area contributed by atoms with E-state index in [1.165, 1.54) is 0 Å². The molecule has 6 rings (SSSR count). The van der Waals surface area contributed by atoms with E-state index < -0.39 is 0 Å². The van der Waals surface area contributed by atoms with Gasteiger partial charge in [0, 0.05) is 36.5 Å². The summed E-state index contributed by atoms with van der Waals surface area (Å²) in [5.74, 6) is 1.47. The van der Waals surface area contributed by atoms with E-state index in [1.807, 2.05) is 54.3 Å². The molecular weight excluding hydrogens is 394 g/mol. The third-order valence-electron chi connectivity index (χ3n) is 5.43. The second kappa shape index (κ2) is 6.73. The fraction of sp³-hybridized carbons (Fsp3) is 0.238. The minimum absolute atomic E-state index is 0.0305. The molecule has 1 saturated carbocycles. The molecule has 0 spiro atoms. The quantitative estimate of drug-likeness (QED) is 0.473. The molecule has 1 fully saturated rings. The summed E-state index contributed by atoms with van der Waals surface area (Å²) in [6.45, 7) is 0. The Hall–Kier alpha value is -4.08. The maximum atomic E-state index is 12.0. The maximum Gasteiger partial charge on any atom is 0.228 e. The number of aromatic nitrogens is 8. The van der Waals surface area contributed by atoms with Crippen molar-refractivity contribution < 1.29 is 4.79 Å². The van der Waals surface area contributed by atoms with Gasteiger partial charge in [-0.2, -0.15) is 10.2 Å². The van der Waals surface area contributed by atoms with Crippen molar-refractivity contribution in [2.24, 2.45) is 13.0 Å². The van der Waals surface area contributed by atoms with E-state index in [0.29, 0.717) is 17.9 Å². The van der Waals surface area contributed by atoms with Crippen LogP contribution in [0.25, 0.3) is 22.4 Å². The third-order valence-corrected chi connectivity index (χ3v) is 5.43. The van der Waals surface area contributed by atoms with Crippen LogP contribution in [-0.2, 0) is 18.3 Å². The standard InChI is InChI=1S/C21H19N9O/c1-28-10-15(9-22-28)14-4-6-19-25-26-20(29(19)11-14)8-16-5-7-18-23-17(12-30(18)27-16)24-21(31)13-2-3-13/h4-7,9-13H,2-3,8H2,1H3,(H,24,31). The average molecular weight is 413 g/mol. The molecule has 1 amide bonds. The number of carbonyl (C=O) groups excluding carboxylic acids is 1. The second-order valence-electron chi connectivity index (χ2n) is 7.86. The van der Waals surface area contributed by atoms with Crippen LogP contribution in [0.5, 0.6) is 0 Å². The Morgan fingerprint density at radius 1 is 1.06 bits per heavy atom. The van der Waals surface area contributed by atoms with Crippen molar-refractivity contribution in [1.29, 1.82) is 0 Å². The first-order chi connectivity index (χ1) is 15.1. The first kappa shape index (κ1) is 17.8. The predicted molar refractivity (Wildman–Crippen MR) is 112 cm³/mol. The molecule has 0 atom stereocenters. The molecule has 10 nitrogen and oxygen atoms in total. The number of rotatable bonds is 5. The van der Waals surface area contributed by atoms with Crippen LogP contribution >= 0.6 is 0 Å². The maximum absolute atomic E-state index is 12.0. The van der Waals surface area contributed by atoms with Gasteiger partial charge in [-0.05, 0) is 37.1 Å². The molecular formula is C21H19N9O. The number of pyridine rings is 1. The first-order valence-corrected chi connectivity index (χ1v) is 10.1. The highest BCUT2D eigenvalue weighted by Crippen LogP contribution is 2.30. The highest BCUT2D eigenvalue weighted by atomic mass is 16.2. The SMILES string of the molecule is Cn1cc(-c2ccc3nnc(Cc4ccc5nc(NC(=O)C6CC6)cn5n4)n3c2)cn1. The minimum atomic E-state index is 0.0305. The highest BCUT2D eigenvalue weighted by molar-refractivity contribution is 5.93. The summed E-state index contributed by atoms with van der Waals surface area (Å²) in [6, 6.07) is 7.76. The molecule has 10 heteroatoms. The number of fused-ring (bicyclic) bond motifs is 2. The Morgan fingerprint density at radius 3 is 2.74 bits per heavy atom. The molecule has 154 valence electrons. The zero-order chi connectivity index (χ0) is 20.9. The van der Waals surface area contributed by atoms with Crippen LogP contribution in [-0.4, -0.2) is 44.9 Å². The molecule has 0 aromatic carbocycles. The molecule has 0 saturated heterocycles. The van der Waals surface area contributed by atoms with Gasteiger partial charge in [-0.25, -0.2) is 9.50 Å². The van der Waals surface area contributed by atoms with Crippen LogP contribution in [0.4, 0.5) is 5.82 Å². The van der Waals surface area contributed by atoms with Gasteiger partial charge in [-0.15, -0.1) is 10.2 Å².